The Morgan fingerprint density at radius 2 is 1.91 bits per heavy atom. The zero-order valence-corrected chi connectivity index (χ0v) is 13.7. The van der Waals surface area contributed by atoms with Gasteiger partial charge in [-0.15, -0.1) is 0 Å². The molecule has 6 nitrogen and oxygen atoms in total. The highest BCUT2D eigenvalue weighted by Crippen LogP contribution is 2.14. The standard InChI is InChI=1S/C15H21NO5S/c1-4-22(20,21)12-7-5-6-11(9-12)14(17)16-13(15(18)19)8-10(2)3/h5-7,9-10,13H,4,8H2,1-3H3,(H,16,17)(H,18,19). The Morgan fingerprint density at radius 1 is 1.27 bits per heavy atom. The normalized spacial score (nSPS) is 12.9. The van der Waals surface area contributed by atoms with Crippen molar-refractivity contribution in [2.45, 2.75) is 38.1 Å². The first kappa shape index (κ1) is 18.2. The van der Waals surface area contributed by atoms with Crippen molar-refractivity contribution in [2.75, 3.05) is 5.75 Å². The number of hydrogen-bond donors (Lipinski definition) is 2. The number of amides is 1. The fourth-order valence-corrected chi connectivity index (χ4v) is 2.86. The summed E-state index contributed by atoms with van der Waals surface area (Å²) in [5, 5.41) is 11.6. The minimum absolute atomic E-state index is 0.0541. The number of rotatable bonds is 7. The first-order chi connectivity index (χ1) is 10.2. The molecule has 0 aromatic heterocycles. The molecule has 0 aliphatic heterocycles. The molecule has 1 unspecified atom stereocenters. The van der Waals surface area contributed by atoms with E-state index in [4.69, 9.17) is 5.11 Å². The van der Waals surface area contributed by atoms with Crippen molar-refractivity contribution >= 4 is 21.7 Å². The summed E-state index contributed by atoms with van der Waals surface area (Å²) in [6, 6.07) is 4.61. The lowest BCUT2D eigenvalue weighted by molar-refractivity contribution is -0.139. The van der Waals surface area contributed by atoms with Crippen LogP contribution in [0.2, 0.25) is 0 Å². The maximum absolute atomic E-state index is 12.1. The van der Waals surface area contributed by atoms with E-state index < -0.39 is 27.8 Å². The minimum Gasteiger partial charge on any atom is -0.480 e. The van der Waals surface area contributed by atoms with Crippen LogP contribution in [0.4, 0.5) is 0 Å². The van der Waals surface area contributed by atoms with Crippen molar-refractivity contribution in [1.82, 2.24) is 5.32 Å². The number of nitrogens with one attached hydrogen (secondary N) is 1. The predicted octanol–water partition coefficient (Wildman–Crippen LogP) is 1.71. The second kappa shape index (κ2) is 7.40. The SMILES string of the molecule is CCS(=O)(=O)c1cccc(C(=O)NC(CC(C)C)C(=O)O)c1. The molecule has 0 aliphatic carbocycles. The van der Waals surface area contributed by atoms with Crippen LogP contribution in [0.3, 0.4) is 0 Å². The Balaban J connectivity index is 2.98. The molecule has 2 N–H and O–H groups in total. The Bertz CT molecular complexity index is 652. The minimum atomic E-state index is -3.41. The van der Waals surface area contributed by atoms with Crippen LogP contribution in [0, 0.1) is 5.92 Å². The summed E-state index contributed by atoms with van der Waals surface area (Å²) in [5.74, 6) is -1.67. The molecule has 1 aromatic rings. The average Bonchev–Trinajstić information content (AvgIpc) is 2.46. The van der Waals surface area contributed by atoms with Crippen LogP contribution in [-0.4, -0.2) is 37.2 Å². The van der Waals surface area contributed by atoms with E-state index in [1.165, 1.54) is 31.2 Å². The molecule has 1 amide bonds. The van der Waals surface area contributed by atoms with Crippen molar-refractivity contribution in [3.8, 4) is 0 Å². The van der Waals surface area contributed by atoms with Crippen LogP contribution in [0.1, 0.15) is 37.6 Å². The number of carbonyl (C=O) groups excluding carboxylic acids is 1. The van der Waals surface area contributed by atoms with Crippen LogP contribution < -0.4 is 5.32 Å². The number of hydrogen-bond acceptors (Lipinski definition) is 4. The summed E-state index contributed by atoms with van der Waals surface area (Å²) >= 11 is 0. The molecule has 0 spiro atoms. The molecule has 0 fully saturated rings. The van der Waals surface area contributed by atoms with Gasteiger partial charge in [0.15, 0.2) is 9.84 Å². The van der Waals surface area contributed by atoms with Gasteiger partial charge in [-0.2, -0.15) is 0 Å². The van der Waals surface area contributed by atoms with E-state index >= 15 is 0 Å². The number of aliphatic carboxylic acids is 1. The summed E-state index contributed by atoms with van der Waals surface area (Å²) in [4.78, 5) is 23.4. The molecule has 0 bridgehead atoms. The summed E-state index contributed by atoms with van der Waals surface area (Å²) in [6.07, 6.45) is 0.300. The molecule has 22 heavy (non-hydrogen) atoms. The van der Waals surface area contributed by atoms with Gasteiger partial charge in [0, 0.05) is 5.56 Å². The Hall–Kier alpha value is -1.89. The molecule has 1 atom stereocenters. The lowest BCUT2D eigenvalue weighted by atomic mass is 10.0. The zero-order chi connectivity index (χ0) is 16.9. The first-order valence-electron chi connectivity index (χ1n) is 7.04. The van der Waals surface area contributed by atoms with Crippen molar-refractivity contribution in [2.24, 2.45) is 5.92 Å². The van der Waals surface area contributed by atoms with E-state index in [0.717, 1.165) is 0 Å². The second-order valence-corrected chi connectivity index (χ2v) is 7.70. The fourth-order valence-electron chi connectivity index (χ4n) is 1.93. The molecule has 0 saturated heterocycles. The van der Waals surface area contributed by atoms with Gasteiger partial charge in [-0.05, 0) is 30.5 Å². The van der Waals surface area contributed by atoms with Gasteiger partial charge in [0.1, 0.15) is 6.04 Å². The van der Waals surface area contributed by atoms with Gasteiger partial charge in [-0.3, -0.25) is 4.79 Å². The maximum Gasteiger partial charge on any atom is 0.326 e. The van der Waals surface area contributed by atoms with Gasteiger partial charge in [-0.25, -0.2) is 13.2 Å². The Morgan fingerprint density at radius 3 is 2.41 bits per heavy atom. The van der Waals surface area contributed by atoms with Crippen molar-refractivity contribution in [3.63, 3.8) is 0 Å². The van der Waals surface area contributed by atoms with E-state index in [-0.39, 0.29) is 22.1 Å². The van der Waals surface area contributed by atoms with E-state index in [1.54, 1.807) is 0 Å². The van der Waals surface area contributed by atoms with Crippen molar-refractivity contribution < 1.29 is 23.1 Å². The molecule has 0 aliphatic rings. The first-order valence-corrected chi connectivity index (χ1v) is 8.69. The predicted molar refractivity (Wildman–Crippen MR) is 82.5 cm³/mol. The third-order valence-corrected chi connectivity index (χ3v) is 4.88. The van der Waals surface area contributed by atoms with Crippen LogP contribution >= 0.6 is 0 Å². The van der Waals surface area contributed by atoms with Crippen LogP contribution in [-0.2, 0) is 14.6 Å². The number of carbonyl (C=O) groups is 2. The number of sulfone groups is 1. The maximum atomic E-state index is 12.1. The third-order valence-electron chi connectivity index (χ3n) is 3.15. The number of carboxylic acids is 1. The van der Waals surface area contributed by atoms with Crippen molar-refractivity contribution in [1.29, 1.82) is 0 Å². The highest BCUT2D eigenvalue weighted by atomic mass is 32.2. The topological polar surface area (TPSA) is 101 Å². The van der Waals surface area contributed by atoms with Crippen LogP contribution in [0.5, 0.6) is 0 Å². The van der Waals surface area contributed by atoms with E-state index in [1.807, 2.05) is 13.8 Å². The second-order valence-electron chi connectivity index (χ2n) is 5.43. The molecule has 0 heterocycles. The highest BCUT2D eigenvalue weighted by molar-refractivity contribution is 7.91. The molecular formula is C15H21NO5S. The summed E-state index contributed by atoms with van der Waals surface area (Å²) in [7, 11) is -3.41. The van der Waals surface area contributed by atoms with Crippen LogP contribution in [0.15, 0.2) is 29.2 Å². The zero-order valence-electron chi connectivity index (χ0n) is 12.9. The molecular weight excluding hydrogens is 306 g/mol. The fraction of sp³-hybridized carbons (Fsp3) is 0.467. The smallest absolute Gasteiger partial charge is 0.326 e. The molecule has 7 heteroatoms. The Kier molecular flexibility index (Phi) is 6.11. The van der Waals surface area contributed by atoms with Gasteiger partial charge in [0.05, 0.1) is 10.6 Å². The van der Waals surface area contributed by atoms with Gasteiger partial charge in [0.25, 0.3) is 5.91 Å². The summed E-state index contributed by atoms with van der Waals surface area (Å²) in [5.41, 5.74) is 0.129. The highest BCUT2D eigenvalue weighted by Gasteiger charge is 2.22. The molecule has 0 radical (unpaired) electrons. The molecule has 122 valence electrons. The van der Waals surface area contributed by atoms with Gasteiger partial charge < -0.3 is 10.4 Å². The summed E-state index contributed by atoms with van der Waals surface area (Å²) in [6.45, 7) is 5.23. The average molecular weight is 327 g/mol. The molecule has 1 aromatic carbocycles. The summed E-state index contributed by atoms with van der Waals surface area (Å²) < 4.78 is 23.7. The van der Waals surface area contributed by atoms with Gasteiger partial charge in [0.2, 0.25) is 0 Å². The quantitative estimate of drug-likeness (QED) is 0.794. The van der Waals surface area contributed by atoms with Gasteiger partial charge >= 0.3 is 5.97 Å². The van der Waals surface area contributed by atoms with Gasteiger partial charge in [-0.1, -0.05) is 26.8 Å². The van der Waals surface area contributed by atoms with E-state index in [9.17, 15) is 18.0 Å². The monoisotopic (exact) mass is 327 g/mol. The van der Waals surface area contributed by atoms with Crippen LogP contribution in [0.25, 0.3) is 0 Å². The van der Waals surface area contributed by atoms with Crippen molar-refractivity contribution in [3.05, 3.63) is 29.8 Å². The van der Waals surface area contributed by atoms with E-state index in [2.05, 4.69) is 5.32 Å². The Labute approximate surface area is 130 Å². The third kappa shape index (κ3) is 4.84. The lowest BCUT2D eigenvalue weighted by Gasteiger charge is -2.16. The lowest BCUT2D eigenvalue weighted by Crippen LogP contribution is -2.41. The largest absolute Gasteiger partial charge is 0.480 e. The number of benzene rings is 1. The van der Waals surface area contributed by atoms with E-state index in [0.29, 0.717) is 6.42 Å². The molecule has 0 saturated carbocycles. The molecule has 1 rings (SSSR count). The number of carboxylic acid groups (broad SMARTS) is 1.